The van der Waals surface area contributed by atoms with Gasteiger partial charge in [-0.3, -0.25) is 4.79 Å². The van der Waals surface area contributed by atoms with Gasteiger partial charge in [-0.15, -0.1) is 0 Å². The highest BCUT2D eigenvalue weighted by molar-refractivity contribution is 6.64. The lowest BCUT2D eigenvalue weighted by atomic mass is 9.88. The Morgan fingerprint density at radius 1 is 1.27 bits per heavy atom. The van der Waals surface area contributed by atoms with Crippen molar-refractivity contribution in [1.82, 2.24) is 0 Å². The fourth-order valence-electron chi connectivity index (χ4n) is 2.15. The first-order valence-corrected chi connectivity index (χ1v) is 5.87. The van der Waals surface area contributed by atoms with Crippen LogP contribution >= 0.6 is 11.6 Å². The highest BCUT2D eigenvalue weighted by Crippen LogP contribution is 2.26. The Kier molecular flexibility index (Phi) is 3.11. The van der Waals surface area contributed by atoms with Crippen LogP contribution in [0.4, 0.5) is 0 Å². The molecule has 1 aromatic rings. The van der Waals surface area contributed by atoms with Gasteiger partial charge in [-0.2, -0.15) is 0 Å². The van der Waals surface area contributed by atoms with Crippen LogP contribution in [0.15, 0.2) is 18.2 Å². The van der Waals surface area contributed by atoms with Crippen molar-refractivity contribution in [2.24, 2.45) is 0 Å². The van der Waals surface area contributed by atoms with E-state index >= 15 is 0 Å². The van der Waals surface area contributed by atoms with E-state index in [-0.39, 0.29) is 11.2 Å². The molecule has 2 heteroatoms. The normalized spacial score (nSPS) is 16.9. The molecule has 0 saturated heterocycles. The van der Waals surface area contributed by atoms with Gasteiger partial charge in [0.05, 0.1) is 5.92 Å². The minimum atomic E-state index is -0.272. The zero-order chi connectivity index (χ0) is 10.8. The van der Waals surface area contributed by atoms with Gasteiger partial charge in [0, 0.05) is 0 Å². The zero-order valence-corrected chi connectivity index (χ0v) is 9.68. The number of rotatable bonds is 2. The molecule has 1 aliphatic rings. The SMILES string of the molecule is CC(C(=O)Cl)c1ccc2c(c1)CCCC2. The van der Waals surface area contributed by atoms with Crippen molar-refractivity contribution < 1.29 is 4.79 Å². The van der Waals surface area contributed by atoms with Crippen molar-refractivity contribution in [2.45, 2.75) is 38.5 Å². The highest BCUT2D eigenvalue weighted by Gasteiger charge is 2.15. The van der Waals surface area contributed by atoms with E-state index in [0.717, 1.165) is 12.0 Å². The van der Waals surface area contributed by atoms with Crippen LogP contribution in [0.1, 0.15) is 42.4 Å². The summed E-state index contributed by atoms with van der Waals surface area (Å²) in [7, 11) is 0. The lowest BCUT2D eigenvalue weighted by Crippen LogP contribution is -2.07. The van der Waals surface area contributed by atoms with Gasteiger partial charge in [-0.25, -0.2) is 0 Å². The van der Waals surface area contributed by atoms with Gasteiger partial charge in [0.2, 0.25) is 5.24 Å². The molecule has 0 amide bonds. The smallest absolute Gasteiger partial charge is 0.228 e. The van der Waals surface area contributed by atoms with E-state index in [4.69, 9.17) is 11.6 Å². The fraction of sp³-hybridized carbons (Fsp3) is 0.462. The average Bonchev–Trinajstić information content (AvgIpc) is 2.27. The van der Waals surface area contributed by atoms with Gasteiger partial charge >= 0.3 is 0 Å². The Morgan fingerprint density at radius 2 is 1.93 bits per heavy atom. The molecule has 15 heavy (non-hydrogen) atoms. The standard InChI is InChI=1S/C13H15ClO/c1-9(13(14)15)11-7-6-10-4-2-3-5-12(10)8-11/h6-9H,2-5H2,1H3. The molecule has 0 radical (unpaired) electrons. The van der Waals surface area contributed by atoms with Crippen LogP contribution < -0.4 is 0 Å². The summed E-state index contributed by atoms with van der Waals surface area (Å²) >= 11 is 5.51. The lowest BCUT2D eigenvalue weighted by molar-refractivity contribution is -0.112. The van der Waals surface area contributed by atoms with E-state index in [1.165, 1.54) is 30.4 Å². The van der Waals surface area contributed by atoms with E-state index < -0.39 is 0 Å². The number of hydrogen-bond donors (Lipinski definition) is 0. The van der Waals surface area contributed by atoms with E-state index in [1.54, 1.807) is 0 Å². The molecule has 0 bridgehead atoms. The minimum absolute atomic E-state index is 0.182. The summed E-state index contributed by atoms with van der Waals surface area (Å²) < 4.78 is 0. The summed E-state index contributed by atoms with van der Waals surface area (Å²) in [6, 6.07) is 6.34. The van der Waals surface area contributed by atoms with Crippen molar-refractivity contribution in [1.29, 1.82) is 0 Å². The third-order valence-electron chi connectivity index (χ3n) is 3.21. The summed E-state index contributed by atoms with van der Waals surface area (Å²) in [5, 5.41) is -0.272. The molecule has 0 aliphatic heterocycles. The first-order valence-electron chi connectivity index (χ1n) is 5.49. The quantitative estimate of drug-likeness (QED) is 0.701. The summed E-state index contributed by atoms with van der Waals surface area (Å²) in [4.78, 5) is 11.1. The van der Waals surface area contributed by atoms with Crippen molar-refractivity contribution in [3.8, 4) is 0 Å². The predicted molar refractivity (Wildman–Crippen MR) is 62.4 cm³/mol. The Labute approximate surface area is 95.4 Å². The maximum Gasteiger partial charge on any atom is 0.228 e. The second kappa shape index (κ2) is 4.36. The van der Waals surface area contributed by atoms with Crippen LogP contribution in [-0.4, -0.2) is 5.24 Å². The van der Waals surface area contributed by atoms with E-state index in [1.807, 2.05) is 13.0 Å². The van der Waals surface area contributed by atoms with E-state index in [9.17, 15) is 4.79 Å². The molecule has 0 aromatic heterocycles. The number of halogens is 1. The summed E-state index contributed by atoms with van der Waals surface area (Å²) in [6.45, 7) is 1.86. The van der Waals surface area contributed by atoms with E-state index in [2.05, 4.69) is 12.1 Å². The topological polar surface area (TPSA) is 17.1 Å². The Balaban J connectivity index is 2.31. The Bertz CT molecular complexity index is 384. The second-order valence-corrected chi connectivity index (χ2v) is 4.63. The summed E-state index contributed by atoms with van der Waals surface area (Å²) in [6.07, 6.45) is 4.88. The van der Waals surface area contributed by atoms with Gasteiger partial charge < -0.3 is 0 Å². The van der Waals surface area contributed by atoms with Crippen molar-refractivity contribution >= 4 is 16.8 Å². The van der Waals surface area contributed by atoms with Gasteiger partial charge in [0.25, 0.3) is 0 Å². The van der Waals surface area contributed by atoms with Crippen molar-refractivity contribution in [2.75, 3.05) is 0 Å². The van der Waals surface area contributed by atoms with Crippen molar-refractivity contribution in [3.05, 3.63) is 34.9 Å². The molecule has 0 spiro atoms. The molecule has 1 atom stereocenters. The third-order valence-corrected chi connectivity index (χ3v) is 3.54. The van der Waals surface area contributed by atoms with Gasteiger partial charge in [0.1, 0.15) is 0 Å². The number of carbonyl (C=O) groups is 1. The Morgan fingerprint density at radius 3 is 2.60 bits per heavy atom. The predicted octanol–water partition coefficient (Wildman–Crippen LogP) is 3.43. The minimum Gasteiger partial charge on any atom is -0.281 e. The molecule has 0 N–H and O–H groups in total. The number of hydrogen-bond acceptors (Lipinski definition) is 1. The van der Waals surface area contributed by atoms with Gasteiger partial charge in [0.15, 0.2) is 0 Å². The van der Waals surface area contributed by atoms with E-state index in [0.29, 0.717) is 0 Å². The first-order chi connectivity index (χ1) is 7.18. The zero-order valence-electron chi connectivity index (χ0n) is 8.92. The maximum absolute atomic E-state index is 11.1. The second-order valence-electron chi connectivity index (χ2n) is 4.26. The van der Waals surface area contributed by atoms with Crippen LogP contribution in [-0.2, 0) is 17.6 Å². The van der Waals surface area contributed by atoms with Crippen molar-refractivity contribution in [3.63, 3.8) is 0 Å². The molecule has 0 fully saturated rings. The van der Waals surface area contributed by atoms with Crippen LogP contribution in [0.2, 0.25) is 0 Å². The van der Waals surface area contributed by atoms with Crippen LogP contribution in [0.3, 0.4) is 0 Å². The monoisotopic (exact) mass is 222 g/mol. The first kappa shape index (κ1) is 10.7. The summed E-state index contributed by atoms with van der Waals surface area (Å²) in [5.41, 5.74) is 3.90. The molecule has 0 saturated carbocycles. The molecule has 1 unspecified atom stereocenters. The number of carbonyl (C=O) groups excluding carboxylic acids is 1. The third kappa shape index (κ3) is 2.23. The number of fused-ring (bicyclic) bond motifs is 1. The largest absolute Gasteiger partial charge is 0.281 e. The molecule has 1 aromatic carbocycles. The molecule has 80 valence electrons. The van der Waals surface area contributed by atoms with Gasteiger partial charge in [-0.1, -0.05) is 25.1 Å². The van der Waals surface area contributed by atoms with Crippen LogP contribution in [0.25, 0.3) is 0 Å². The molecule has 0 heterocycles. The molecule has 2 rings (SSSR count). The number of aryl methyl sites for hydroxylation is 2. The summed E-state index contributed by atoms with van der Waals surface area (Å²) in [5.74, 6) is -0.182. The average molecular weight is 223 g/mol. The molecular weight excluding hydrogens is 208 g/mol. The fourth-order valence-corrected chi connectivity index (χ4v) is 2.28. The maximum atomic E-state index is 11.1. The molecular formula is C13H15ClO. The highest BCUT2D eigenvalue weighted by atomic mass is 35.5. The van der Waals surface area contributed by atoms with Crippen LogP contribution in [0, 0.1) is 0 Å². The number of benzene rings is 1. The lowest BCUT2D eigenvalue weighted by Gasteiger charge is -2.17. The molecule has 1 nitrogen and oxygen atoms in total. The Hall–Kier alpha value is -0.820. The van der Waals surface area contributed by atoms with Gasteiger partial charge in [-0.05, 0) is 54.0 Å². The molecule has 1 aliphatic carbocycles. The van der Waals surface area contributed by atoms with Crippen LogP contribution in [0.5, 0.6) is 0 Å².